The Morgan fingerprint density at radius 2 is 2.08 bits per heavy atom. The second kappa shape index (κ2) is 6.67. The third-order valence-corrected chi connectivity index (χ3v) is 4.67. The summed E-state index contributed by atoms with van der Waals surface area (Å²) >= 11 is 3.49. The number of carbonyl (C=O) groups excluding carboxylic acids is 1. The Hall–Kier alpha value is -2.31. The number of halogens is 1. The number of nitrogens with zero attached hydrogens (tertiary/aromatic N) is 2. The molecule has 0 saturated heterocycles. The van der Waals surface area contributed by atoms with Gasteiger partial charge in [-0.25, -0.2) is 4.98 Å². The van der Waals surface area contributed by atoms with E-state index in [1.807, 2.05) is 31.2 Å². The maximum atomic E-state index is 11.6. The Bertz CT molecular complexity index is 941. The largest absolute Gasteiger partial charge is 0.396 e. The van der Waals surface area contributed by atoms with Gasteiger partial charge in [0.25, 0.3) is 0 Å². The van der Waals surface area contributed by atoms with Crippen LogP contribution in [0.3, 0.4) is 0 Å². The molecule has 0 aliphatic heterocycles. The predicted molar refractivity (Wildman–Crippen MR) is 96.7 cm³/mol. The number of aliphatic hydroxyl groups is 1. The van der Waals surface area contributed by atoms with E-state index >= 15 is 0 Å². The molecule has 1 amide bonds. The third kappa shape index (κ3) is 2.90. The van der Waals surface area contributed by atoms with Crippen molar-refractivity contribution in [2.45, 2.75) is 13.3 Å². The van der Waals surface area contributed by atoms with Crippen molar-refractivity contribution in [3.8, 4) is 11.3 Å². The first kappa shape index (κ1) is 16.5. The number of hydrogen-bond donors (Lipinski definition) is 2. The molecule has 0 radical (unpaired) electrons. The van der Waals surface area contributed by atoms with Crippen LogP contribution >= 0.6 is 15.9 Å². The second-order valence-corrected chi connectivity index (χ2v) is 6.32. The normalized spacial score (nSPS) is 11.0. The highest BCUT2D eigenvalue weighted by atomic mass is 79.9. The van der Waals surface area contributed by atoms with Gasteiger partial charge in [0.05, 0.1) is 17.4 Å². The van der Waals surface area contributed by atoms with Crippen LogP contribution in [0.2, 0.25) is 0 Å². The van der Waals surface area contributed by atoms with E-state index in [-0.39, 0.29) is 6.61 Å². The number of para-hydroxylation sites is 1. The number of rotatable bonds is 4. The van der Waals surface area contributed by atoms with Gasteiger partial charge in [0.15, 0.2) is 0 Å². The zero-order chi connectivity index (χ0) is 17.3. The summed E-state index contributed by atoms with van der Waals surface area (Å²) in [4.78, 5) is 20.7. The van der Waals surface area contributed by atoms with E-state index in [4.69, 9.17) is 10.7 Å². The van der Waals surface area contributed by atoms with E-state index in [0.717, 1.165) is 32.2 Å². The van der Waals surface area contributed by atoms with Crippen molar-refractivity contribution in [2.75, 3.05) is 6.61 Å². The Morgan fingerprint density at radius 3 is 2.79 bits per heavy atom. The lowest BCUT2D eigenvalue weighted by molar-refractivity contribution is 0.0999. The molecule has 0 fully saturated rings. The number of aromatic nitrogens is 2. The molecule has 0 atom stereocenters. The number of amides is 1. The Balaban J connectivity index is 2.23. The van der Waals surface area contributed by atoms with Crippen LogP contribution < -0.4 is 5.73 Å². The summed E-state index contributed by atoms with van der Waals surface area (Å²) in [6, 6.07) is 9.22. The van der Waals surface area contributed by atoms with Crippen LogP contribution in [0.25, 0.3) is 22.3 Å². The maximum absolute atomic E-state index is 11.6. The van der Waals surface area contributed by atoms with Crippen molar-refractivity contribution in [2.24, 2.45) is 5.73 Å². The number of carbonyl (C=O) groups is 1. The maximum Gasteiger partial charge on any atom is 0.248 e. The third-order valence-electron chi connectivity index (χ3n) is 4.03. The van der Waals surface area contributed by atoms with Crippen LogP contribution in [0.4, 0.5) is 0 Å². The minimum absolute atomic E-state index is 0.0270. The number of primary amides is 1. The Morgan fingerprint density at radius 1 is 1.29 bits per heavy atom. The lowest BCUT2D eigenvalue weighted by Gasteiger charge is -2.14. The first-order chi connectivity index (χ1) is 11.5. The zero-order valence-corrected chi connectivity index (χ0v) is 14.7. The van der Waals surface area contributed by atoms with Gasteiger partial charge in [-0.1, -0.05) is 12.1 Å². The molecule has 1 aromatic heterocycles. The number of benzene rings is 2. The van der Waals surface area contributed by atoms with E-state index < -0.39 is 5.91 Å². The average molecular weight is 386 g/mol. The fraction of sp³-hybridized carbons (Fsp3) is 0.167. The van der Waals surface area contributed by atoms with Crippen LogP contribution in [0.15, 0.2) is 41.0 Å². The van der Waals surface area contributed by atoms with Gasteiger partial charge in [-0.3, -0.25) is 9.78 Å². The van der Waals surface area contributed by atoms with Gasteiger partial charge in [-0.15, -0.1) is 0 Å². The van der Waals surface area contributed by atoms with Gasteiger partial charge in [-0.05, 0) is 58.6 Å². The minimum Gasteiger partial charge on any atom is -0.396 e. The van der Waals surface area contributed by atoms with Crippen molar-refractivity contribution in [3.05, 3.63) is 57.7 Å². The monoisotopic (exact) mass is 385 g/mol. The Kier molecular flexibility index (Phi) is 4.59. The molecule has 0 saturated carbocycles. The summed E-state index contributed by atoms with van der Waals surface area (Å²) in [5.41, 5.74) is 10.6. The van der Waals surface area contributed by atoms with Crippen molar-refractivity contribution >= 4 is 32.9 Å². The molecule has 0 aliphatic carbocycles. The fourth-order valence-electron chi connectivity index (χ4n) is 2.83. The molecule has 0 aliphatic rings. The van der Waals surface area contributed by atoms with E-state index in [9.17, 15) is 9.90 Å². The molecule has 2 aromatic carbocycles. The first-order valence-corrected chi connectivity index (χ1v) is 8.27. The smallest absolute Gasteiger partial charge is 0.248 e. The summed E-state index contributed by atoms with van der Waals surface area (Å²) in [7, 11) is 0. The van der Waals surface area contributed by atoms with Crippen LogP contribution in [0.1, 0.15) is 21.5 Å². The highest BCUT2D eigenvalue weighted by Gasteiger charge is 2.16. The molecule has 24 heavy (non-hydrogen) atoms. The lowest BCUT2D eigenvalue weighted by atomic mass is 9.93. The van der Waals surface area contributed by atoms with Crippen LogP contribution in [0, 0.1) is 6.92 Å². The standard InChI is InChI=1S/C18H16BrN3O2/c1-10-11(7-8-23)13(6-5-12(10)18(20)24)16-9-21-15-4-2-3-14(19)17(15)22-16/h2-6,9,23H,7-8H2,1H3,(H2,20,24). The molecule has 3 N–H and O–H groups in total. The summed E-state index contributed by atoms with van der Waals surface area (Å²) in [6.07, 6.45) is 2.12. The van der Waals surface area contributed by atoms with Crippen molar-refractivity contribution in [3.63, 3.8) is 0 Å². The van der Waals surface area contributed by atoms with Crippen molar-refractivity contribution in [1.82, 2.24) is 9.97 Å². The number of aliphatic hydroxyl groups excluding tert-OH is 1. The molecular weight excluding hydrogens is 370 g/mol. The molecular formula is C18H16BrN3O2. The molecule has 5 nitrogen and oxygen atoms in total. The van der Waals surface area contributed by atoms with Crippen molar-refractivity contribution in [1.29, 1.82) is 0 Å². The SMILES string of the molecule is Cc1c(C(N)=O)ccc(-c2cnc3cccc(Br)c3n2)c1CCO. The molecule has 0 spiro atoms. The topological polar surface area (TPSA) is 89.1 Å². The minimum atomic E-state index is -0.481. The van der Waals surface area contributed by atoms with E-state index in [1.165, 1.54) is 0 Å². The number of fused-ring (bicyclic) bond motifs is 1. The lowest BCUT2D eigenvalue weighted by Crippen LogP contribution is -2.14. The van der Waals surface area contributed by atoms with Gasteiger partial charge < -0.3 is 10.8 Å². The molecule has 122 valence electrons. The quantitative estimate of drug-likeness (QED) is 0.722. The summed E-state index contributed by atoms with van der Waals surface area (Å²) in [6.45, 7) is 1.81. The van der Waals surface area contributed by atoms with Gasteiger partial charge in [0.1, 0.15) is 5.52 Å². The van der Waals surface area contributed by atoms with Gasteiger partial charge in [0.2, 0.25) is 5.91 Å². The summed E-state index contributed by atoms with van der Waals surface area (Å²) in [5, 5.41) is 9.40. The van der Waals surface area contributed by atoms with Crippen LogP contribution in [-0.2, 0) is 6.42 Å². The van der Waals surface area contributed by atoms with Gasteiger partial charge >= 0.3 is 0 Å². The molecule has 1 heterocycles. The molecule has 3 rings (SSSR count). The number of nitrogens with two attached hydrogens (primary N) is 1. The molecule has 3 aromatic rings. The van der Waals surface area contributed by atoms with Gasteiger partial charge in [-0.2, -0.15) is 0 Å². The fourth-order valence-corrected chi connectivity index (χ4v) is 3.27. The second-order valence-electron chi connectivity index (χ2n) is 5.46. The van der Waals surface area contributed by atoms with Crippen molar-refractivity contribution < 1.29 is 9.90 Å². The molecule has 6 heteroatoms. The summed E-state index contributed by atoms with van der Waals surface area (Å²) in [5.74, 6) is -0.481. The van der Waals surface area contributed by atoms with Gasteiger partial charge in [0, 0.05) is 22.2 Å². The Labute approximate surface area is 147 Å². The highest BCUT2D eigenvalue weighted by Crippen LogP contribution is 2.29. The zero-order valence-electron chi connectivity index (χ0n) is 13.1. The van der Waals surface area contributed by atoms with Crippen LogP contribution in [0.5, 0.6) is 0 Å². The van der Waals surface area contributed by atoms with Crippen LogP contribution in [-0.4, -0.2) is 27.6 Å². The first-order valence-electron chi connectivity index (χ1n) is 7.47. The van der Waals surface area contributed by atoms with E-state index in [0.29, 0.717) is 17.7 Å². The summed E-state index contributed by atoms with van der Waals surface area (Å²) < 4.78 is 0.864. The number of hydrogen-bond acceptors (Lipinski definition) is 4. The average Bonchev–Trinajstić information content (AvgIpc) is 2.56. The van der Waals surface area contributed by atoms with E-state index in [1.54, 1.807) is 12.3 Å². The van der Waals surface area contributed by atoms with E-state index in [2.05, 4.69) is 20.9 Å². The molecule has 0 unspecified atom stereocenters. The molecule has 0 bridgehead atoms. The highest BCUT2D eigenvalue weighted by molar-refractivity contribution is 9.10. The predicted octanol–water partition coefficient (Wildman–Crippen LogP) is 3.00.